The van der Waals surface area contributed by atoms with Crippen LogP contribution in [0.15, 0.2) is 158 Å². The second-order valence-corrected chi connectivity index (χ2v) is 12.8. The van der Waals surface area contributed by atoms with Gasteiger partial charge in [-0.2, -0.15) is 0 Å². The van der Waals surface area contributed by atoms with E-state index >= 15 is 0 Å². The van der Waals surface area contributed by atoms with Crippen LogP contribution in [0, 0.1) is 0 Å². The van der Waals surface area contributed by atoms with Gasteiger partial charge in [-0.1, -0.05) is 166 Å². The second-order valence-electron chi connectivity index (χ2n) is 12.8. The quantitative estimate of drug-likeness (QED) is 0.185. The van der Waals surface area contributed by atoms with Gasteiger partial charge in [0, 0.05) is 5.41 Å². The van der Waals surface area contributed by atoms with E-state index in [-0.39, 0.29) is 5.41 Å². The Balaban J connectivity index is 1.37. The Bertz CT molecular complexity index is 2390. The molecular weight excluding hydrogens is 540 g/mol. The maximum atomic E-state index is 2.38. The van der Waals surface area contributed by atoms with E-state index in [1.165, 1.54) is 88.0 Å². The van der Waals surface area contributed by atoms with E-state index in [1.807, 2.05) is 0 Å². The molecule has 0 atom stereocenters. The van der Waals surface area contributed by atoms with Crippen molar-refractivity contribution in [3.8, 4) is 44.5 Å². The van der Waals surface area contributed by atoms with Gasteiger partial charge in [-0.15, -0.1) is 0 Å². The number of fused-ring (bicyclic) bond motifs is 4. The highest BCUT2D eigenvalue weighted by atomic mass is 14.4. The molecule has 9 rings (SSSR count). The van der Waals surface area contributed by atoms with Gasteiger partial charge in [-0.25, -0.2) is 0 Å². The molecule has 0 aromatic heterocycles. The van der Waals surface area contributed by atoms with Crippen molar-refractivity contribution in [2.45, 2.75) is 19.3 Å². The normalized spacial score (nSPS) is 13.3. The first-order valence-electron chi connectivity index (χ1n) is 15.9. The van der Waals surface area contributed by atoms with Crippen molar-refractivity contribution in [2.75, 3.05) is 0 Å². The molecular formula is C45H32. The summed E-state index contributed by atoms with van der Waals surface area (Å²) in [6, 6.07) is 58.3. The number of hydrogen-bond acceptors (Lipinski definition) is 0. The highest BCUT2D eigenvalue weighted by molar-refractivity contribution is 6.24. The van der Waals surface area contributed by atoms with Crippen molar-refractivity contribution < 1.29 is 0 Å². The van der Waals surface area contributed by atoms with Crippen molar-refractivity contribution in [3.63, 3.8) is 0 Å². The first-order valence-corrected chi connectivity index (χ1v) is 15.9. The number of benzene rings is 8. The molecule has 8 aromatic rings. The van der Waals surface area contributed by atoms with E-state index in [9.17, 15) is 0 Å². The standard InChI is InChI=1S/C45H32/c1-45(2)40-24-11-10-18-32(40)38-26-27-39(37-23-13-25-41(45)44(37)38)43-35-21-8-6-19-33(35)42(34-20-7-9-22-36(34)43)31-17-12-16-30(28-31)29-14-4-3-5-15-29/h3-28H,1-2H3. The van der Waals surface area contributed by atoms with Crippen molar-refractivity contribution in [1.29, 1.82) is 0 Å². The van der Waals surface area contributed by atoms with Crippen LogP contribution in [0.5, 0.6) is 0 Å². The zero-order valence-electron chi connectivity index (χ0n) is 25.5. The van der Waals surface area contributed by atoms with Gasteiger partial charge in [-0.3, -0.25) is 0 Å². The smallest absolute Gasteiger partial charge is 0.0159 e. The SMILES string of the molecule is CC1(C)c2ccccc2-c2ccc(-c3c4ccccc4c(-c4cccc(-c5ccccc5)c4)c4ccccc34)c3cccc1c23. The summed E-state index contributed by atoms with van der Waals surface area (Å²) in [6.07, 6.45) is 0. The van der Waals surface area contributed by atoms with E-state index in [4.69, 9.17) is 0 Å². The van der Waals surface area contributed by atoms with Crippen LogP contribution in [-0.2, 0) is 5.41 Å². The third kappa shape index (κ3) is 3.79. The summed E-state index contributed by atoms with van der Waals surface area (Å²) in [5.41, 5.74) is 13.0. The summed E-state index contributed by atoms with van der Waals surface area (Å²) >= 11 is 0. The lowest BCUT2D eigenvalue weighted by atomic mass is 9.68. The molecule has 0 saturated heterocycles. The lowest BCUT2D eigenvalue weighted by molar-refractivity contribution is 0.645. The molecule has 0 bridgehead atoms. The average Bonchev–Trinajstić information content (AvgIpc) is 3.10. The maximum Gasteiger partial charge on any atom is 0.0159 e. The van der Waals surface area contributed by atoms with E-state index in [2.05, 4.69) is 172 Å². The van der Waals surface area contributed by atoms with Crippen LogP contribution in [0.4, 0.5) is 0 Å². The molecule has 8 aromatic carbocycles. The van der Waals surface area contributed by atoms with Crippen molar-refractivity contribution in [3.05, 3.63) is 169 Å². The molecule has 0 radical (unpaired) electrons. The lowest BCUT2D eigenvalue weighted by Crippen LogP contribution is -2.23. The largest absolute Gasteiger partial charge is 0.0622 e. The Kier molecular flexibility index (Phi) is 5.64. The predicted octanol–water partition coefficient (Wildman–Crippen LogP) is 12.5. The first kappa shape index (κ1) is 26.0. The molecule has 212 valence electrons. The van der Waals surface area contributed by atoms with Crippen LogP contribution in [0.25, 0.3) is 76.8 Å². The Morgan fingerprint density at radius 1 is 0.333 bits per heavy atom. The summed E-state index contributed by atoms with van der Waals surface area (Å²) in [6.45, 7) is 4.75. The third-order valence-corrected chi connectivity index (χ3v) is 10.1. The minimum absolute atomic E-state index is 0.0838. The van der Waals surface area contributed by atoms with Crippen LogP contribution >= 0.6 is 0 Å². The average molecular weight is 573 g/mol. The van der Waals surface area contributed by atoms with Crippen LogP contribution in [0.1, 0.15) is 25.0 Å². The minimum atomic E-state index is -0.0838. The number of rotatable bonds is 3. The molecule has 45 heavy (non-hydrogen) atoms. The zero-order valence-corrected chi connectivity index (χ0v) is 25.5. The Labute approximate surface area is 264 Å². The van der Waals surface area contributed by atoms with Gasteiger partial charge in [-0.05, 0) is 94.0 Å². The monoisotopic (exact) mass is 572 g/mol. The van der Waals surface area contributed by atoms with Gasteiger partial charge in [0.2, 0.25) is 0 Å². The fraction of sp³-hybridized carbons (Fsp3) is 0.0667. The zero-order chi connectivity index (χ0) is 30.1. The molecule has 0 saturated carbocycles. The minimum Gasteiger partial charge on any atom is -0.0622 e. The molecule has 0 fully saturated rings. The van der Waals surface area contributed by atoms with Crippen molar-refractivity contribution in [2.24, 2.45) is 0 Å². The molecule has 0 unspecified atom stereocenters. The van der Waals surface area contributed by atoms with E-state index in [0.29, 0.717) is 0 Å². The fourth-order valence-corrected chi connectivity index (χ4v) is 7.99. The topological polar surface area (TPSA) is 0 Å². The summed E-state index contributed by atoms with van der Waals surface area (Å²) in [5.74, 6) is 0. The second kappa shape index (κ2) is 9.78. The van der Waals surface area contributed by atoms with Gasteiger partial charge in [0.15, 0.2) is 0 Å². The predicted molar refractivity (Wildman–Crippen MR) is 193 cm³/mol. The van der Waals surface area contributed by atoms with Crippen molar-refractivity contribution in [1.82, 2.24) is 0 Å². The summed E-state index contributed by atoms with van der Waals surface area (Å²) < 4.78 is 0. The van der Waals surface area contributed by atoms with Gasteiger partial charge < -0.3 is 0 Å². The van der Waals surface area contributed by atoms with Gasteiger partial charge >= 0.3 is 0 Å². The first-order chi connectivity index (χ1) is 22.1. The highest BCUT2D eigenvalue weighted by Gasteiger charge is 2.33. The maximum absolute atomic E-state index is 2.38. The van der Waals surface area contributed by atoms with Crippen molar-refractivity contribution >= 4 is 32.3 Å². The lowest BCUT2D eigenvalue weighted by Gasteiger charge is -2.35. The van der Waals surface area contributed by atoms with Crippen LogP contribution < -0.4 is 0 Å². The van der Waals surface area contributed by atoms with E-state index < -0.39 is 0 Å². The Morgan fingerprint density at radius 2 is 0.844 bits per heavy atom. The molecule has 0 aliphatic heterocycles. The van der Waals surface area contributed by atoms with Gasteiger partial charge in [0.1, 0.15) is 0 Å². The molecule has 0 heterocycles. The Morgan fingerprint density at radius 3 is 1.58 bits per heavy atom. The highest BCUT2D eigenvalue weighted by Crippen LogP contribution is 2.52. The van der Waals surface area contributed by atoms with Gasteiger partial charge in [0.25, 0.3) is 0 Å². The van der Waals surface area contributed by atoms with E-state index in [0.717, 1.165) is 0 Å². The summed E-state index contributed by atoms with van der Waals surface area (Å²) in [4.78, 5) is 0. The Hall–Kier alpha value is -5.46. The van der Waals surface area contributed by atoms with Crippen LogP contribution in [0.3, 0.4) is 0 Å². The summed E-state index contributed by atoms with van der Waals surface area (Å²) in [5, 5.41) is 7.83. The fourth-order valence-electron chi connectivity index (χ4n) is 7.99. The number of hydrogen-bond donors (Lipinski definition) is 0. The van der Waals surface area contributed by atoms with Gasteiger partial charge in [0.05, 0.1) is 0 Å². The van der Waals surface area contributed by atoms with Crippen LogP contribution in [-0.4, -0.2) is 0 Å². The summed E-state index contributed by atoms with van der Waals surface area (Å²) in [7, 11) is 0. The molecule has 1 aliphatic rings. The van der Waals surface area contributed by atoms with E-state index in [1.54, 1.807) is 0 Å². The molecule has 0 heteroatoms. The third-order valence-electron chi connectivity index (χ3n) is 10.1. The molecule has 1 aliphatic carbocycles. The molecule has 0 amide bonds. The molecule has 0 nitrogen and oxygen atoms in total. The van der Waals surface area contributed by atoms with Crippen LogP contribution in [0.2, 0.25) is 0 Å². The molecule has 0 spiro atoms. The molecule has 0 N–H and O–H groups in total.